The highest BCUT2D eigenvalue weighted by Gasteiger charge is 2.32. The van der Waals surface area contributed by atoms with Crippen LogP contribution in [-0.2, 0) is 4.74 Å². The number of nitrogens with one attached hydrogen (secondary N) is 1. The zero-order chi connectivity index (χ0) is 14.6. The number of hydrogen-bond acceptors (Lipinski definition) is 4. The molecule has 0 atom stereocenters. The lowest BCUT2D eigenvalue weighted by molar-refractivity contribution is -0.0944. The summed E-state index contributed by atoms with van der Waals surface area (Å²) in [6, 6.07) is 5.49. The van der Waals surface area contributed by atoms with Gasteiger partial charge in [0, 0.05) is 17.2 Å². The number of guanidine groups is 1. The fourth-order valence-electron chi connectivity index (χ4n) is 1.92. The molecule has 1 aliphatic rings. The quantitative estimate of drug-likeness (QED) is 0.630. The highest BCUT2D eigenvalue weighted by atomic mass is 16.5. The molecule has 1 aromatic carbocycles. The SMILES string of the molecule is COc1ccc(NC(N)=NCC2(C)COC2)cc1OC. The summed E-state index contributed by atoms with van der Waals surface area (Å²) in [4.78, 5) is 4.34. The van der Waals surface area contributed by atoms with E-state index in [2.05, 4.69) is 17.2 Å². The van der Waals surface area contributed by atoms with Crippen LogP contribution in [0.15, 0.2) is 23.2 Å². The molecule has 1 aliphatic heterocycles. The van der Waals surface area contributed by atoms with E-state index >= 15 is 0 Å². The molecule has 1 heterocycles. The monoisotopic (exact) mass is 279 g/mol. The third kappa shape index (κ3) is 3.33. The Morgan fingerprint density at radius 3 is 2.60 bits per heavy atom. The summed E-state index contributed by atoms with van der Waals surface area (Å²) in [5.74, 6) is 1.70. The van der Waals surface area contributed by atoms with Crippen LogP contribution in [0.2, 0.25) is 0 Å². The van der Waals surface area contributed by atoms with Crippen molar-refractivity contribution in [1.82, 2.24) is 0 Å². The normalized spacial score (nSPS) is 17.2. The molecule has 0 amide bonds. The van der Waals surface area contributed by atoms with Gasteiger partial charge in [0.15, 0.2) is 17.5 Å². The molecule has 0 aromatic heterocycles. The number of benzene rings is 1. The average Bonchev–Trinajstić information content (AvgIpc) is 2.43. The predicted octanol–water partition coefficient (Wildman–Crippen LogP) is 1.47. The molecule has 1 fully saturated rings. The maximum absolute atomic E-state index is 5.88. The molecule has 0 bridgehead atoms. The van der Waals surface area contributed by atoms with Crippen LogP contribution >= 0.6 is 0 Å². The summed E-state index contributed by atoms with van der Waals surface area (Å²) in [5, 5.41) is 3.04. The average molecular weight is 279 g/mol. The number of rotatable bonds is 5. The number of aliphatic imine (C=N–C) groups is 1. The second kappa shape index (κ2) is 6.00. The molecule has 1 aromatic rings. The minimum absolute atomic E-state index is 0.115. The highest BCUT2D eigenvalue weighted by Crippen LogP contribution is 2.30. The Hall–Kier alpha value is -1.95. The van der Waals surface area contributed by atoms with Crippen LogP contribution in [0.5, 0.6) is 11.5 Å². The summed E-state index contributed by atoms with van der Waals surface area (Å²) in [7, 11) is 3.19. The first-order valence-electron chi connectivity index (χ1n) is 6.43. The molecule has 1 saturated heterocycles. The van der Waals surface area contributed by atoms with Crippen molar-refractivity contribution >= 4 is 11.6 Å². The van der Waals surface area contributed by atoms with Crippen LogP contribution in [0.4, 0.5) is 5.69 Å². The van der Waals surface area contributed by atoms with Gasteiger partial charge in [-0.05, 0) is 12.1 Å². The maximum atomic E-state index is 5.88. The van der Waals surface area contributed by atoms with Gasteiger partial charge < -0.3 is 25.3 Å². The van der Waals surface area contributed by atoms with Gasteiger partial charge in [-0.3, -0.25) is 4.99 Å². The van der Waals surface area contributed by atoms with Crippen LogP contribution in [-0.4, -0.2) is 39.9 Å². The van der Waals surface area contributed by atoms with Gasteiger partial charge in [0.1, 0.15) is 0 Å². The molecule has 0 unspecified atom stereocenters. The summed E-state index contributed by atoms with van der Waals surface area (Å²) in [6.07, 6.45) is 0. The fraction of sp³-hybridized carbons (Fsp3) is 0.500. The van der Waals surface area contributed by atoms with Gasteiger partial charge in [-0.25, -0.2) is 0 Å². The van der Waals surface area contributed by atoms with E-state index in [0.717, 1.165) is 18.9 Å². The molecule has 6 nitrogen and oxygen atoms in total. The first kappa shape index (κ1) is 14.5. The second-order valence-electron chi connectivity index (χ2n) is 5.20. The minimum Gasteiger partial charge on any atom is -0.493 e. The third-order valence-electron chi connectivity index (χ3n) is 3.19. The Kier molecular flexibility index (Phi) is 4.34. The topological polar surface area (TPSA) is 78.1 Å². The third-order valence-corrected chi connectivity index (χ3v) is 3.19. The standard InChI is InChI=1S/C14H21N3O3/c1-14(8-20-9-14)7-16-13(15)17-10-4-5-11(18-2)12(6-10)19-3/h4-6H,7-9H2,1-3H3,(H3,15,16,17). The van der Waals surface area contributed by atoms with E-state index in [1.807, 2.05) is 18.2 Å². The first-order chi connectivity index (χ1) is 9.56. The lowest BCUT2D eigenvalue weighted by atomic mass is 9.89. The van der Waals surface area contributed by atoms with Gasteiger partial charge in [0.2, 0.25) is 0 Å². The molecule has 6 heteroatoms. The molecule has 3 N–H and O–H groups in total. The van der Waals surface area contributed by atoms with Gasteiger partial charge >= 0.3 is 0 Å². The number of nitrogens with zero attached hydrogens (tertiary/aromatic N) is 1. The van der Waals surface area contributed by atoms with E-state index in [9.17, 15) is 0 Å². The van der Waals surface area contributed by atoms with E-state index in [1.165, 1.54) is 0 Å². The summed E-state index contributed by atoms with van der Waals surface area (Å²) < 4.78 is 15.6. The summed E-state index contributed by atoms with van der Waals surface area (Å²) >= 11 is 0. The summed E-state index contributed by atoms with van der Waals surface area (Å²) in [5.41, 5.74) is 6.80. The Balaban J connectivity index is 1.99. The molecular formula is C14H21N3O3. The number of methoxy groups -OCH3 is 2. The molecule has 0 aliphatic carbocycles. The van der Waals surface area contributed by atoms with Gasteiger partial charge in [0.05, 0.1) is 34.0 Å². The van der Waals surface area contributed by atoms with Crippen molar-refractivity contribution in [2.45, 2.75) is 6.92 Å². The van der Waals surface area contributed by atoms with Gasteiger partial charge in [-0.15, -0.1) is 0 Å². The lowest BCUT2D eigenvalue weighted by Crippen LogP contribution is -2.43. The maximum Gasteiger partial charge on any atom is 0.193 e. The van der Waals surface area contributed by atoms with E-state index in [4.69, 9.17) is 19.9 Å². The summed E-state index contributed by atoms with van der Waals surface area (Å²) in [6.45, 7) is 4.25. The van der Waals surface area contributed by atoms with E-state index in [0.29, 0.717) is 24.0 Å². The van der Waals surface area contributed by atoms with E-state index in [1.54, 1.807) is 14.2 Å². The predicted molar refractivity (Wildman–Crippen MR) is 78.6 cm³/mol. The highest BCUT2D eigenvalue weighted by molar-refractivity contribution is 5.92. The van der Waals surface area contributed by atoms with Crippen molar-refractivity contribution < 1.29 is 14.2 Å². The Morgan fingerprint density at radius 1 is 1.35 bits per heavy atom. The largest absolute Gasteiger partial charge is 0.493 e. The molecular weight excluding hydrogens is 258 g/mol. The zero-order valence-corrected chi connectivity index (χ0v) is 12.1. The zero-order valence-electron chi connectivity index (χ0n) is 12.1. The number of ether oxygens (including phenoxy) is 3. The number of hydrogen-bond donors (Lipinski definition) is 2. The molecule has 20 heavy (non-hydrogen) atoms. The number of nitrogens with two attached hydrogens (primary N) is 1. The van der Waals surface area contributed by atoms with E-state index in [-0.39, 0.29) is 5.41 Å². The lowest BCUT2D eigenvalue weighted by Gasteiger charge is -2.36. The molecule has 0 saturated carbocycles. The Labute approximate surface area is 118 Å². The second-order valence-corrected chi connectivity index (χ2v) is 5.20. The van der Waals surface area contributed by atoms with Gasteiger partial charge in [0.25, 0.3) is 0 Å². The number of anilines is 1. The minimum atomic E-state index is 0.115. The van der Waals surface area contributed by atoms with E-state index < -0.39 is 0 Å². The molecule has 2 rings (SSSR count). The van der Waals surface area contributed by atoms with Crippen molar-refractivity contribution in [3.05, 3.63) is 18.2 Å². The van der Waals surface area contributed by atoms with Crippen LogP contribution in [0.25, 0.3) is 0 Å². The van der Waals surface area contributed by atoms with Crippen molar-refractivity contribution in [2.75, 3.05) is 39.3 Å². The van der Waals surface area contributed by atoms with Gasteiger partial charge in [-0.1, -0.05) is 6.92 Å². The van der Waals surface area contributed by atoms with Gasteiger partial charge in [-0.2, -0.15) is 0 Å². The molecule has 0 radical (unpaired) electrons. The van der Waals surface area contributed by atoms with Crippen LogP contribution < -0.4 is 20.5 Å². The fourth-order valence-corrected chi connectivity index (χ4v) is 1.92. The Morgan fingerprint density at radius 2 is 2.05 bits per heavy atom. The first-order valence-corrected chi connectivity index (χ1v) is 6.43. The Bertz CT molecular complexity index is 498. The van der Waals surface area contributed by atoms with Crippen molar-refractivity contribution in [3.63, 3.8) is 0 Å². The van der Waals surface area contributed by atoms with Crippen LogP contribution in [0, 0.1) is 5.41 Å². The smallest absolute Gasteiger partial charge is 0.193 e. The van der Waals surface area contributed by atoms with Crippen LogP contribution in [0.1, 0.15) is 6.92 Å². The molecule has 0 spiro atoms. The molecule has 110 valence electrons. The van der Waals surface area contributed by atoms with Crippen molar-refractivity contribution in [1.29, 1.82) is 0 Å². The van der Waals surface area contributed by atoms with Crippen molar-refractivity contribution in [2.24, 2.45) is 16.1 Å². The van der Waals surface area contributed by atoms with Crippen molar-refractivity contribution in [3.8, 4) is 11.5 Å². The van der Waals surface area contributed by atoms with Crippen LogP contribution in [0.3, 0.4) is 0 Å².